The highest BCUT2D eigenvalue weighted by Crippen LogP contribution is 2.37. The Morgan fingerprint density at radius 3 is 2.84 bits per heavy atom. The minimum atomic E-state index is -1.01. The fraction of sp³-hybridized carbons (Fsp3) is 0.294. The Balaban J connectivity index is 1.83. The van der Waals surface area contributed by atoms with Gasteiger partial charge in [0.1, 0.15) is 9.88 Å². The summed E-state index contributed by atoms with van der Waals surface area (Å²) in [6.45, 7) is 2.44. The van der Waals surface area contributed by atoms with Crippen LogP contribution in [0.2, 0.25) is 0 Å². The minimum Gasteiger partial charge on any atom is -0.477 e. The zero-order chi connectivity index (χ0) is 17.7. The largest absolute Gasteiger partial charge is 0.477 e. The number of rotatable bonds is 5. The van der Waals surface area contributed by atoms with Crippen molar-refractivity contribution >= 4 is 33.9 Å². The van der Waals surface area contributed by atoms with Crippen LogP contribution in [0, 0.1) is 23.0 Å². The van der Waals surface area contributed by atoms with Crippen molar-refractivity contribution in [1.82, 2.24) is 9.55 Å². The first-order valence-electron chi connectivity index (χ1n) is 7.92. The zero-order valence-corrected chi connectivity index (χ0v) is 14.2. The van der Waals surface area contributed by atoms with E-state index in [1.54, 1.807) is 19.2 Å². The van der Waals surface area contributed by atoms with E-state index in [-0.39, 0.29) is 15.5 Å². The molecule has 25 heavy (non-hydrogen) atoms. The monoisotopic (exact) mass is 357 g/mol. The third kappa shape index (κ3) is 2.78. The van der Waals surface area contributed by atoms with Gasteiger partial charge >= 0.3 is 5.97 Å². The molecule has 1 aliphatic carbocycles. The summed E-state index contributed by atoms with van der Waals surface area (Å²) < 4.78 is 1.95. The highest BCUT2D eigenvalue weighted by Gasteiger charge is 2.25. The molecule has 0 amide bonds. The molecule has 4 rings (SSSR count). The number of aromatic nitrogens is 2. The van der Waals surface area contributed by atoms with E-state index in [4.69, 9.17) is 0 Å². The number of carbonyl (C=O) groups is 1. The molecule has 0 radical (unpaired) electrons. The van der Waals surface area contributed by atoms with Gasteiger partial charge in [-0.2, -0.15) is 0 Å². The van der Waals surface area contributed by atoms with Gasteiger partial charge in [0, 0.05) is 12.1 Å². The van der Waals surface area contributed by atoms with Crippen molar-refractivity contribution in [2.75, 3.05) is 0 Å². The Hall–Kier alpha value is -2.74. The van der Waals surface area contributed by atoms with Gasteiger partial charge in [0.05, 0.1) is 27.7 Å². The Morgan fingerprint density at radius 2 is 2.24 bits per heavy atom. The highest BCUT2D eigenvalue weighted by molar-refractivity contribution is 7.17. The van der Waals surface area contributed by atoms with Gasteiger partial charge in [0.2, 0.25) is 0 Å². The van der Waals surface area contributed by atoms with Crippen molar-refractivity contribution in [1.29, 1.82) is 0 Å². The summed E-state index contributed by atoms with van der Waals surface area (Å²) in [4.78, 5) is 26.8. The van der Waals surface area contributed by atoms with Crippen LogP contribution in [0.15, 0.2) is 24.4 Å². The molecule has 1 N–H and O–H groups in total. The number of hydrogen-bond acceptors (Lipinski definition) is 5. The summed E-state index contributed by atoms with van der Waals surface area (Å²) in [7, 11) is 0. The molecular formula is C17H15N3O4S. The summed E-state index contributed by atoms with van der Waals surface area (Å²) in [5.74, 6) is -0.404. The molecule has 2 heterocycles. The molecule has 7 nitrogen and oxygen atoms in total. The highest BCUT2D eigenvalue weighted by atomic mass is 32.1. The molecule has 1 saturated carbocycles. The Bertz CT molecular complexity index is 1020. The molecule has 1 aromatic carbocycles. The van der Waals surface area contributed by atoms with E-state index >= 15 is 0 Å². The van der Waals surface area contributed by atoms with Crippen LogP contribution in [0.3, 0.4) is 0 Å². The van der Waals surface area contributed by atoms with E-state index in [1.165, 1.54) is 12.8 Å². The van der Waals surface area contributed by atoms with Crippen molar-refractivity contribution in [2.45, 2.75) is 26.3 Å². The maximum absolute atomic E-state index is 11.4. The molecule has 2 aromatic heterocycles. The van der Waals surface area contributed by atoms with Crippen LogP contribution in [0.25, 0.3) is 21.5 Å². The van der Waals surface area contributed by atoms with E-state index in [2.05, 4.69) is 4.98 Å². The van der Waals surface area contributed by atoms with Crippen molar-refractivity contribution in [3.63, 3.8) is 0 Å². The molecule has 0 aliphatic heterocycles. The first kappa shape index (κ1) is 15.8. The van der Waals surface area contributed by atoms with E-state index in [1.807, 2.05) is 16.7 Å². The summed E-state index contributed by atoms with van der Waals surface area (Å²) >= 11 is 1.08. The van der Waals surface area contributed by atoms with Crippen molar-refractivity contribution in [3.8, 4) is 10.6 Å². The fourth-order valence-electron chi connectivity index (χ4n) is 3.00. The SMILES string of the molecule is Cc1nc(-c2ccc3c(c2)c([N+](=O)[O-])cn3CC2CC2)sc1C(=O)O. The van der Waals surface area contributed by atoms with Gasteiger partial charge < -0.3 is 9.67 Å². The van der Waals surface area contributed by atoms with Crippen LogP contribution in [-0.4, -0.2) is 25.6 Å². The molecular weight excluding hydrogens is 342 g/mol. The molecule has 128 valence electrons. The van der Waals surface area contributed by atoms with Crippen LogP contribution in [0.1, 0.15) is 28.2 Å². The van der Waals surface area contributed by atoms with Crippen molar-refractivity contribution in [2.24, 2.45) is 5.92 Å². The summed E-state index contributed by atoms with van der Waals surface area (Å²) in [5, 5.41) is 21.7. The van der Waals surface area contributed by atoms with E-state index in [0.29, 0.717) is 27.6 Å². The lowest BCUT2D eigenvalue weighted by Gasteiger charge is -2.03. The van der Waals surface area contributed by atoms with E-state index in [0.717, 1.165) is 23.4 Å². The van der Waals surface area contributed by atoms with Gasteiger partial charge in [-0.05, 0) is 43.9 Å². The second-order valence-corrected chi connectivity index (χ2v) is 7.34. The van der Waals surface area contributed by atoms with Crippen LogP contribution in [0.4, 0.5) is 5.69 Å². The lowest BCUT2D eigenvalue weighted by molar-refractivity contribution is -0.383. The van der Waals surface area contributed by atoms with Gasteiger partial charge in [-0.25, -0.2) is 9.78 Å². The summed E-state index contributed by atoms with van der Waals surface area (Å²) in [5.41, 5.74) is 2.05. The van der Waals surface area contributed by atoms with E-state index in [9.17, 15) is 20.0 Å². The third-order valence-electron chi connectivity index (χ3n) is 4.45. The van der Waals surface area contributed by atoms with Crippen LogP contribution < -0.4 is 0 Å². The molecule has 0 unspecified atom stereocenters. The van der Waals surface area contributed by atoms with Crippen molar-refractivity contribution < 1.29 is 14.8 Å². The minimum absolute atomic E-state index is 0.0734. The number of aromatic carboxylic acids is 1. The molecule has 1 aliphatic rings. The normalized spacial score (nSPS) is 14.1. The number of aryl methyl sites for hydroxylation is 1. The van der Waals surface area contributed by atoms with Crippen LogP contribution in [-0.2, 0) is 6.54 Å². The van der Waals surface area contributed by atoms with Gasteiger partial charge in [0.15, 0.2) is 0 Å². The first-order valence-corrected chi connectivity index (χ1v) is 8.74. The quantitative estimate of drug-likeness (QED) is 0.548. The number of benzene rings is 1. The molecule has 0 bridgehead atoms. The van der Waals surface area contributed by atoms with Gasteiger partial charge in [-0.3, -0.25) is 10.1 Å². The Morgan fingerprint density at radius 1 is 1.48 bits per heavy atom. The number of nitro groups is 1. The molecule has 8 heteroatoms. The summed E-state index contributed by atoms with van der Waals surface area (Å²) in [6, 6.07) is 5.44. The molecule has 3 aromatic rings. The number of nitrogens with zero attached hydrogens (tertiary/aromatic N) is 3. The Labute approximate surface area is 146 Å². The number of thiazole rings is 1. The zero-order valence-electron chi connectivity index (χ0n) is 13.4. The maximum Gasteiger partial charge on any atom is 0.347 e. The maximum atomic E-state index is 11.4. The van der Waals surface area contributed by atoms with Gasteiger partial charge in [0.25, 0.3) is 5.69 Å². The predicted octanol–water partition coefficient (Wildman–Crippen LogP) is 4.09. The summed E-state index contributed by atoms with van der Waals surface area (Å²) in [6.07, 6.45) is 3.94. The fourth-order valence-corrected chi connectivity index (χ4v) is 3.91. The number of carboxylic acids is 1. The van der Waals surface area contributed by atoms with Gasteiger partial charge in [-0.1, -0.05) is 0 Å². The van der Waals surface area contributed by atoms with Crippen LogP contribution >= 0.6 is 11.3 Å². The average Bonchev–Trinajstić information content (AvgIpc) is 3.17. The van der Waals surface area contributed by atoms with Crippen molar-refractivity contribution in [3.05, 3.63) is 45.1 Å². The standard InChI is InChI=1S/C17H15N3O4S/c1-9-15(17(21)22)25-16(18-9)11-4-5-13-12(6-11)14(20(23)24)8-19(13)7-10-2-3-10/h4-6,8,10H,2-3,7H2,1H3,(H,21,22). The van der Waals surface area contributed by atoms with Crippen LogP contribution in [0.5, 0.6) is 0 Å². The van der Waals surface area contributed by atoms with Gasteiger partial charge in [-0.15, -0.1) is 11.3 Å². The first-order chi connectivity index (χ1) is 11.9. The third-order valence-corrected chi connectivity index (χ3v) is 5.64. The molecule has 0 atom stereocenters. The lowest BCUT2D eigenvalue weighted by atomic mass is 10.1. The molecule has 1 fully saturated rings. The van der Waals surface area contributed by atoms with E-state index < -0.39 is 5.97 Å². The second kappa shape index (κ2) is 5.66. The molecule has 0 spiro atoms. The lowest BCUT2D eigenvalue weighted by Crippen LogP contribution is -1.97. The second-order valence-electron chi connectivity index (χ2n) is 6.34. The number of carboxylic acid groups (broad SMARTS) is 1. The predicted molar refractivity (Wildman–Crippen MR) is 94.1 cm³/mol. The smallest absolute Gasteiger partial charge is 0.347 e. The Kier molecular flexibility index (Phi) is 3.57. The molecule has 0 saturated heterocycles. The average molecular weight is 357 g/mol. The topological polar surface area (TPSA) is 98.3 Å². The number of fused-ring (bicyclic) bond motifs is 1. The number of hydrogen-bond donors (Lipinski definition) is 1.